The minimum absolute atomic E-state index is 0.00731. The number of rotatable bonds is 5. The first-order valence-corrected chi connectivity index (χ1v) is 11.2. The third-order valence-electron chi connectivity index (χ3n) is 6.00. The molecule has 3 N–H and O–H groups in total. The first-order valence-electron chi connectivity index (χ1n) is 10.8. The van der Waals surface area contributed by atoms with Gasteiger partial charge in [-0.1, -0.05) is 29.8 Å². The van der Waals surface area contributed by atoms with E-state index in [9.17, 15) is 14.4 Å². The molecule has 10 heteroatoms. The Kier molecular flexibility index (Phi) is 6.94. The van der Waals surface area contributed by atoms with Gasteiger partial charge in [-0.2, -0.15) is 5.10 Å². The van der Waals surface area contributed by atoms with Crippen LogP contribution in [0.15, 0.2) is 41.3 Å². The Bertz CT molecular complexity index is 1010. The van der Waals surface area contributed by atoms with Gasteiger partial charge in [0, 0.05) is 30.6 Å². The lowest BCUT2D eigenvalue weighted by molar-refractivity contribution is -0.120. The molecule has 4 rings (SSSR count). The number of carbonyl (C=O) groups excluding carboxylic acids is 2. The molecular formula is C22H26ClN5O4. The van der Waals surface area contributed by atoms with Crippen LogP contribution in [0.2, 0.25) is 5.02 Å². The lowest BCUT2D eigenvalue weighted by Crippen LogP contribution is -2.41. The largest absolute Gasteiger partial charge is 0.444 e. The number of hydrogen-bond acceptors (Lipinski definition) is 6. The quantitative estimate of drug-likeness (QED) is 0.633. The van der Waals surface area contributed by atoms with E-state index >= 15 is 0 Å². The molecule has 0 spiro atoms. The molecule has 9 nitrogen and oxygen atoms in total. The zero-order chi connectivity index (χ0) is 22.5. The van der Waals surface area contributed by atoms with Crippen molar-refractivity contribution in [2.75, 3.05) is 23.3 Å². The average molecular weight is 460 g/mol. The maximum absolute atomic E-state index is 12.5. The van der Waals surface area contributed by atoms with Gasteiger partial charge in [-0.3, -0.25) is 9.59 Å². The Morgan fingerprint density at radius 2 is 1.88 bits per heavy atom. The zero-order valence-corrected chi connectivity index (χ0v) is 18.3. The predicted octanol–water partition coefficient (Wildman–Crippen LogP) is 2.93. The van der Waals surface area contributed by atoms with E-state index in [0.29, 0.717) is 25.2 Å². The van der Waals surface area contributed by atoms with Gasteiger partial charge in [0.15, 0.2) is 0 Å². The summed E-state index contributed by atoms with van der Waals surface area (Å²) < 4.78 is 5.57. The summed E-state index contributed by atoms with van der Waals surface area (Å²) in [6, 6.07) is 9.40. The Morgan fingerprint density at radius 1 is 1.12 bits per heavy atom. The molecule has 1 aliphatic carbocycles. The van der Waals surface area contributed by atoms with Crippen molar-refractivity contribution in [3.63, 3.8) is 0 Å². The number of para-hydroxylation sites is 1. The van der Waals surface area contributed by atoms with Gasteiger partial charge in [0.2, 0.25) is 5.91 Å². The molecule has 0 unspecified atom stereocenters. The lowest BCUT2D eigenvalue weighted by Gasteiger charge is -2.28. The van der Waals surface area contributed by atoms with E-state index in [1.54, 1.807) is 0 Å². The second kappa shape index (κ2) is 10.0. The molecule has 2 fully saturated rings. The number of alkyl carbamates (subject to hydrolysis) is 1. The van der Waals surface area contributed by atoms with Crippen molar-refractivity contribution in [2.45, 2.75) is 44.2 Å². The normalized spacial score (nSPS) is 22.9. The molecule has 2 heterocycles. The summed E-state index contributed by atoms with van der Waals surface area (Å²) in [6.45, 7) is 1.06. The summed E-state index contributed by atoms with van der Waals surface area (Å²) in [5.74, 6) is -0.0313. The standard InChI is InChI=1S/C22H26ClN5O4/c23-19-18(12-24-27-21(19)30)28-11-10-17(13-28)32-22(31)26-16-8-6-14(7-9-16)20(29)25-15-4-2-1-3-5-15/h1-5,12,14,16-17H,6-11,13H2,(H,25,29)(H,26,31)(H,27,30)/t14-,16+,17-/m1/s1. The van der Waals surface area contributed by atoms with Crippen molar-refractivity contribution < 1.29 is 14.3 Å². The van der Waals surface area contributed by atoms with E-state index in [0.717, 1.165) is 31.4 Å². The van der Waals surface area contributed by atoms with Gasteiger partial charge in [0.05, 0.1) is 18.4 Å². The van der Waals surface area contributed by atoms with E-state index < -0.39 is 11.7 Å². The topological polar surface area (TPSA) is 116 Å². The van der Waals surface area contributed by atoms with Crippen LogP contribution in [0.5, 0.6) is 0 Å². The maximum atomic E-state index is 12.5. The molecule has 1 aromatic heterocycles. The number of aromatic nitrogens is 2. The molecule has 170 valence electrons. The number of nitrogens with one attached hydrogen (secondary N) is 3. The summed E-state index contributed by atoms with van der Waals surface area (Å²) in [7, 11) is 0. The fourth-order valence-corrected chi connectivity index (χ4v) is 4.47. The SMILES string of the molecule is O=C(N[C@H]1CC[C@@H](C(=O)Nc2ccccc2)CC1)O[C@@H]1CCN(c2cn[nH]c(=O)c2Cl)C1. The lowest BCUT2D eigenvalue weighted by atomic mass is 9.85. The van der Waals surface area contributed by atoms with Gasteiger partial charge in [-0.25, -0.2) is 9.89 Å². The van der Waals surface area contributed by atoms with Gasteiger partial charge in [0.1, 0.15) is 11.1 Å². The molecule has 1 aliphatic heterocycles. The third kappa shape index (κ3) is 5.40. The molecule has 1 aromatic carbocycles. The maximum Gasteiger partial charge on any atom is 0.407 e. The Labute approximate surface area is 190 Å². The van der Waals surface area contributed by atoms with E-state index in [1.165, 1.54) is 6.20 Å². The van der Waals surface area contributed by atoms with Crippen LogP contribution >= 0.6 is 11.6 Å². The second-order valence-corrected chi connectivity index (χ2v) is 8.59. The van der Waals surface area contributed by atoms with Crippen molar-refractivity contribution in [1.82, 2.24) is 15.5 Å². The molecule has 2 aliphatic rings. The van der Waals surface area contributed by atoms with Gasteiger partial charge in [-0.05, 0) is 37.8 Å². The minimum Gasteiger partial charge on any atom is -0.444 e. The summed E-state index contributed by atoms with van der Waals surface area (Å²) in [6.07, 6.45) is 4.29. The fraction of sp³-hybridized carbons (Fsp3) is 0.455. The van der Waals surface area contributed by atoms with Gasteiger partial charge < -0.3 is 20.3 Å². The number of aromatic amines is 1. The molecule has 1 saturated carbocycles. The predicted molar refractivity (Wildman–Crippen MR) is 121 cm³/mol. The fourth-order valence-electron chi connectivity index (χ4n) is 4.26. The highest BCUT2D eigenvalue weighted by molar-refractivity contribution is 6.33. The van der Waals surface area contributed by atoms with Crippen molar-refractivity contribution in [1.29, 1.82) is 0 Å². The number of anilines is 2. The van der Waals surface area contributed by atoms with Crippen LogP contribution in [0.3, 0.4) is 0 Å². The number of halogens is 1. The summed E-state index contributed by atoms with van der Waals surface area (Å²) in [5.41, 5.74) is 0.887. The summed E-state index contributed by atoms with van der Waals surface area (Å²) >= 11 is 6.06. The summed E-state index contributed by atoms with van der Waals surface area (Å²) in [4.78, 5) is 38.3. The monoisotopic (exact) mass is 459 g/mol. The smallest absolute Gasteiger partial charge is 0.407 e. The number of H-pyrrole nitrogens is 1. The van der Waals surface area contributed by atoms with Crippen molar-refractivity contribution in [3.8, 4) is 0 Å². The van der Waals surface area contributed by atoms with E-state index in [1.807, 2.05) is 35.2 Å². The van der Waals surface area contributed by atoms with E-state index in [4.69, 9.17) is 16.3 Å². The highest BCUT2D eigenvalue weighted by atomic mass is 35.5. The van der Waals surface area contributed by atoms with Crippen LogP contribution in [0.1, 0.15) is 32.1 Å². The van der Waals surface area contributed by atoms with Crippen LogP contribution in [0.25, 0.3) is 0 Å². The molecule has 2 aromatic rings. The Hall–Kier alpha value is -3.07. The molecule has 0 radical (unpaired) electrons. The molecule has 0 bridgehead atoms. The molecule has 32 heavy (non-hydrogen) atoms. The first-order chi connectivity index (χ1) is 15.5. The minimum atomic E-state index is -0.454. The summed E-state index contributed by atoms with van der Waals surface area (Å²) in [5, 5.41) is 12.0. The van der Waals surface area contributed by atoms with Crippen molar-refractivity contribution in [2.24, 2.45) is 5.92 Å². The van der Waals surface area contributed by atoms with Crippen LogP contribution in [0.4, 0.5) is 16.2 Å². The van der Waals surface area contributed by atoms with Crippen LogP contribution < -0.4 is 21.1 Å². The molecule has 1 atom stereocenters. The first kappa shape index (κ1) is 22.1. The number of ether oxygens (including phenoxy) is 1. The number of nitrogens with zero attached hydrogens (tertiary/aromatic N) is 2. The second-order valence-electron chi connectivity index (χ2n) is 8.21. The van der Waals surface area contributed by atoms with Gasteiger partial charge >= 0.3 is 6.09 Å². The van der Waals surface area contributed by atoms with Crippen LogP contribution in [0, 0.1) is 5.92 Å². The zero-order valence-electron chi connectivity index (χ0n) is 17.6. The third-order valence-corrected chi connectivity index (χ3v) is 6.36. The van der Waals surface area contributed by atoms with Gasteiger partial charge in [-0.15, -0.1) is 0 Å². The van der Waals surface area contributed by atoms with Crippen molar-refractivity contribution in [3.05, 3.63) is 51.9 Å². The van der Waals surface area contributed by atoms with E-state index in [-0.39, 0.29) is 29.0 Å². The van der Waals surface area contributed by atoms with Crippen LogP contribution in [-0.2, 0) is 9.53 Å². The number of benzene rings is 1. The molecule has 2 amide bonds. The Balaban J connectivity index is 1.20. The highest BCUT2D eigenvalue weighted by Crippen LogP contribution is 2.27. The molecular weight excluding hydrogens is 434 g/mol. The number of hydrogen-bond donors (Lipinski definition) is 3. The van der Waals surface area contributed by atoms with E-state index in [2.05, 4.69) is 20.8 Å². The number of carbonyl (C=O) groups is 2. The average Bonchev–Trinajstić information content (AvgIpc) is 3.24. The van der Waals surface area contributed by atoms with Gasteiger partial charge in [0.25, 0.3) is 5.56 Å². The molecule has 1 saturated heterocycles. The van der Waals surface area contributed by atoms with Crippen molar-refractivity contribution >= 4 is 35.0 Å². The number of amides is 2. The Morgan fingerprint density at radius 3 is 2.62 bits per heavy atom. The highest BCUT2D eigenvalue weighted by Gasteiger charge is 2.30. The van der Waals surface area contributed by atoms with Crippen LogP contribution in [-0.4, -0.2) is 47.4 Å².